The zero-order valence-corrected chi connectivity index (χ0v) is 12.3. The summed E-state index contributed by atoms with van der Waals surface area (Å²) in [6.45, 7) is 8.27. The van der Waals surface area contributed by atoms with E-state index in [9.17, 15) is 0 Å². The van der Waals surface area contributed by atoms with Crippen LogP contribution < -0.4 is 10.5 Å². The molecule has 1 heterocycles. The van der Waals surface area contributed by atoms with Crippen LogP contribution in [0.2, 0.25) is 0 Å². The van der Waals surface area contributed by atoms with E-state index in [0.29, 0.717) is 32.3 Å². The summed E-state index contributed by atoms with van der Waals surface area (Å²) in [7, 11) is 0. The first kappa shape index (κ1) is 14.7. The number of guanidine groups is 1. The normalized spacial score (nSPS) is 16.3. The van der Waals surface area contributed by atoms with E-state index in [1.807, 2.05) is 13.0 Å². The second kappa shape index (κ2) is 7.14. The first-order valence-corrected chi connectivity index (χ1v) is 7.05. The summed E-state index contributed by atoms with van der Waals surface area (Å²) in [4.78, 5) is 6.53. The Morgan fingerprint density at radius 3 is 2.85 bits per heavy atom. The maximum absolute atomic E-state index is 6.03. The molecule has 2 N–H and O–H groups in total. The third-order valence-corrected chi connectivity index (χ3v) is 3.27. The molecule has 0 saturated carbocycles. The Labute approximate surface area is 120 Å². The Kier molecular flexibility index (Phi) is 5.24. The molecule has 1 aromatic rings. The molecule has 1 fully saturated rings. The SMILES string of the molecule is CCOc1cc(C)ccc1CN=C(N)N1CCOCC1. The largest absolute Gasteiger partial charge is 0.494 e. The van der Waals surface area contributed by atoms with Gasteiger partial charge in [0.05, 0.1) is 26.4 Å². The Hall–Kier alpha value is -1.75. The van der Waals surface area contributed by atoms with Crippen molar-refractivity contribution in [2.24, 2.45) is 10.7 Å². The van der Waals surface area contributed by atoms with Crippen LogP contribution in [0.15, 0.2) is 23.2 Å². The van der Waals surface area contributed by atoms with Gasteiger partial charge in [-0.25, -0.2) is 4.99 Å². The summed E-state index contributed by atoms with van der Waals surface area (Å²) >= 11 is 0. The maximum Gasteiger partial charge on any atom is 0.191 e. The first-order valence-electron chi connectivity index (χ1n) is 7.05. The zero-order valence-electron chi connectivity index (χ0n) is 12.3. The summed E-state index contributed by atoms with van der Waals surface area (Å²) in [5, 5.41) is 0. The summed E-state index contributed by atoms with van der Waals surface area (Å²) in [5.74, 6) is 1.47. The monoisotopic (exact) mass is 277 g/mol. The van der Waals surface area contributed by atoms with Gasteiger partial charge in [-0.3, -0.25) is 0 Å². The lowest BCUT2D eigenvalue weighted by molar-refractivity contribution is 0.0674. The summed E-state index contributed by atoms with van der Waals surface area (Å²) in [5.41, 5.74) is 8.28. The average molecular weight is 277 g/mol. The molecule has 0 atom stereocenters. The zero-order chi connectivity index (χ0) is 14.4. The topological polar surface area (TPSA) is 60.1 Å². The predicted molar refractivity (Wildman–Crippen MR) is 80.1 cm³/mol. The van der Waals surface area contributed by atoms with Crippen LogP contribution in [0.25, 0.3) is 0 Å². The number of ether oxygens (including phenoxy) is 2. The van der Waals surface area contributed by atoms with Crippen LogP contribution in [0.1, 0.15) is 18.1 Å². The van der Waals surface area contributed by atoms with Crippen molar-refractivity contribution >= 4 is 5.96 Å². The Morgan fingerprint density at radius 1 is 1.40 bits per heavy atom. The molecule has 110 valence electrons. The number of morpholine rings is 1. The van der Waals surface area contributed by atoms with Crippen LogP contribution in [-0.4, -0.2) is 43.8 Å². The second-order valence-electron chi connectivity index (χ2n) is 4.82. The fraction of sp³-hybridized carbons (Fsp3) is 0.533. The highest BCUT2D eigenvalue weighted by Gasteiger charge is 2.12. The predicted octanol–water partition coefficient (Wildman–Crippen LogP) is 1.54. The van der Waals surface area contributed by atoms with Crippen molar-refractivity contribution in [2.45, 2.75) is 20.4 Å². The van der Waals surface area contributed by atoms with Gasteiger partial charge < -0.3 is 20.1 Å². The van der Waals surface area contributed by atoms with Crippen molar-refractivity contribution in [1.82, 2.24) is 4.90 Å². The fourth-order valence-electron chi connectivity index (χ4n) is 2.14. The number of hydrogen-bond donors (Lipinski definition) is 1. The van der Waals surface area contributed by atoms with Gasteiger partial charge in [-0.15, -0.1) is 0 Å². The van der Waals surface area contributed by atoms with E-state index in [1.165, 1.54) is 5.56 Å². The van der Waals surface area contributed by atoms with Gasteiger partial charge in [0, 0.05) is 18.7 Å². The molecule has 1 aliphatic rings. The van der Waals surface area contributed by atoms with Gasteiger partial charge in [-0.2, -0.15) is 0 Å². The van der Waals surface area contributed by atoms with Crippen molar-refractivity contribution in [3.63, 3.8) is 0 Å². The summed E-state index contributed by atoms with van der Waals surface area (Å²) in [6, 6.07) is 6.16. The molecule has 1 aromatic carbocycles. The summed E-state index contributed by atoms with van der Waals surface area (Å²) < 4.78 is 11.0. The molecule has 0 aromatic heterocycles. The van der Waals surface area contributed by atoms with Crippen molar-refractivity contribution < 1.29 is 9.47 Å². The minimum Gasteiger partial charge on any atom is -0.494 e. The smallest absolute Gasteiger partial charge is 0.191 e. The van der Waals surface area contributed by atoms with Gasteiger partial charge in [0.1, 0.15) is 5.75 Å². The fourth-order valence-corrected chi connectivity index (χ4v) is 2.14. The number of aliphatic imine (C=N–C) groups is 1. The molecule has 20 heavy (non-hydrogen) atoms. The average Bonchev–Trinajstić information content (AvgIpc) is 2.47. The van der Waals surface area contributed by atoms with Crippen LogP contribution in [0.5, 0.6) is 5.75 Å². The molecule has 5 heteroatoms. The van der Waals surface area contributed by atoms with E-state index in [1.54, 1.807) is 0 Å². The molecular weight excluding hydrogens is 254 g/mol. The molecule has 5 nitrogen and oxygen atoms in total. The molecule has 1 saturated heterocycles. The minimum absolute atomic E-state index is 0.540. The number of aryl methyl sites for hydroxylation is 1. The standard InChI is InChI=1S/C15H23N3O2/c1-3-20-14-10-12(2)4-5-13(14)11-17-15(16)18-6-8-19-9-7-18/h4-5,10H,3,6-9,11H2,1-2H3,(H2,16,17). The summed E-state index contributed by atoms with van der Waals surface area (Å²) in [6.07, 6.45) is 0. The molecule has 0 aliphatic carbocycles. The first-order chi connectivity index (χ1) is 9.70. The van der Waals surface area contributed by atoms with Crippen LogP contribution >= 0.6 is 0 Å². The van der Waals surface area contributed by atoms with E-state index in [0.717, 1.165) is 24.4 Å². The molecule has 0 amide bonds. The molecular formula is C15H23N3O2. The minimum atomic E-state index is 0.540. The Bertz CT molecular complexity index is 468. The van der Waals surface area contributed by atoms with Crippen LogP contribution in [-0.2, 0) is 11.3 Å². The van der Waals surface area contributed by atoms with Gasteiger partial charge in [-0.05, 0) is 25.5 Å². The van der Waals surface area contributed by atoms with Crippen molar-refractivity contribution in [3.8, 4) is 5.75 Å². The number of hydrogen-bond acceptors (Lipinski definition) is 3. The van der Waals surface area contributed by atoms with E-state index < -0.39 is 0 Å². The van der Waals surface area contributed by atoms with Crippen molar-refractivity contribution in [2.75, 3.05) is 32.9 Å². The Morgan fingerprint density at radius 2 is 2.15 bits per heavy atom. The van der Waals surface area contributed by atoms with Crippen LogP contribution in [0.4, 0.5) is 0 Å². The van der Waals surface area contributed by atoms with Gasteiger partial charge >= 0.3 is 0 Å². The maximum atomic E-state index is 6.03. The van der Waals surface area contributed by atoms with E-state index in [2.05, 4.69) is 28.9 Å². The third kappa shape index (κ3) is 3.87. The molecule has 0 spiro atoms. The van der Waals surface area contributed by atoms with E-state index >= 15 is 0 Å². The molecule has 0 unspecified atom stereocenters. The highest BCUT2D eigenvalue weighted by Crippen LogP contribution is 2.21. The highest BCUT2D eigenvalue weighted by molar-refractivity contribution is 5.78. The molecule has 2 rings (SSSR count). The lowest BCUT2D eigenvalue weighted by atomic mass is 10.1. The van der Waals surface area contributed by atoms with Gasteiger partial charge in [0.25, 0.3) is 0 Å². The number of rotatable bonds is 4. The van der Waals surface area contributed by atoms with E-state index in [-0.39, 0.29) is 0 Å². The highest BCUT2D eigenvalue weighted by atomic mass is 16.5. The number of nitrogens with zero attached hydrogens (tertiary/aromatic N) is 2. The van der Waals surface area contributed by atoms with Gasteiger partial charge in [0.15, 0.2) is 5.96 Å². The lowest BCUT2D eigenvalue weighted by Gasteiger charge is -2.27. The third-order valence-electron chi connectivity index (χ3n) is 3.27. The van der Waals surface area contributed by atoms with Crippen molar-refractivity contribution in [3.05, 3.63) is 29.3 Å². The molecule has 1 aliphatic heterocycles. The molecule has 0 radical (unpaired) electrons. The number of benzene rings is 1. The van der Waals surface area contributed by atoms with Crippen LogP contribution in [0, 0.1) is 6.92 Å². The van der Waals surface area contributed by atoms with Crippen molar-refractivity contribution in [1.29, 1.82) is 0 Å². The number of nitrogens with two attached hydrogens (primary N) is 1. The molecule has 0 bridgehead atoms. The van der Waals surface area contributed by atoms with Gasteiger partial charge in [-0.1, -0.05) is 12.1 Å². The van der Waals surface area contributed by atoms with E-state index in [4.69, 9.17) is 15.2 Å². The van der Waals surface area contributed by atoms with Crippen LogP contribution in [0.3, 0.4) is 0 Å². The van der Waals surface area contributed by atoms with Gasteiger partial charge in [0.2, 0.25) is 0 Å². The quantitative estimate of drug-likeness (QED) is 0.670. The Balaban J connectivity index is 2.05. The second-order valence-corrected chi connectivity index (χ2v) is 4.82. The lowest BCUT2D eigenvalue weighted by Crippen LogP contribution is -2.44.